The van der Waals surface area contributed by atoms with Crippen LogP contribution in [-0.4, -0.2) is 31.2 Å². The predicted molar refractivity (Wildman–Crippen MR) is 68.5 cm³/mol. The molecule has 0 aliphatic carbocycles. The van der Waals surface area contributed by atoms with Gasteiger partial charge in [-0.3, -0.25) is 0 Å². The highest BCUT2D eigenvalue weighted by atomic mass is 35.5. The molecular formula is C10H14Cl2N4. The monoisotopic (exact) mass is 260 g/mol. The molecule has 1 aromatic rings. The molecule has 1 saturated heterocycles. The average molecular weight is 261 g/mol. The van der Waals surface area contributed by atoms with Crippen molar-refractivity contribution < 1.29 is 0 Å². The smallest absolute Gasteiger partial charge is 0.146 e. The van der Waals surface area contributed by atoms with Crippen LogP contribution in [-0.2, 0) is 0 Å². The third-order valence-electron chi connectivity index (χ3n) is 2.50. The maximum atomic E-state index is 8.88. The van der Waals surface area contributed by atoms with Crippen LogP contribution in [0, 0.1) is 11.3 Å². The number of halogens is 2. The van der Waals surface area contributed by atoms with Crippen molar-refractivity contribution in [1.29, 1.82) is 5.26 Å². The zero-order chi connectivity index (χ0) is 9.97. The summed E-state index contributed by atoms with van der Waals surface area (Å²) in [6.07, 6.45) is 1.73. The number of pyridine rings is 1. The Bertz CT molecular complexity index is 371. The number of nitrogens with zero attached hydrogens (tertiary/aromatic N) is 3. The Morgan fingerprint density at radius 2 is 2.19 bits per heavy atom. The molecule has 0 spiro atoms. The molecule has 2 heterocycles. The van der Waals surface area contributed by atoms with Gasteiger partial charge in [0.05, 0.1) is 5.56 Å². The van der Waals surface area contributed by atoms with Gasteiger partial charge in [0, 0.05) is 25.3 Å². The summed E-state index contributed by atoms with van der Waals surface area (Å²) in [5.74, 6) is 0.807. The maximum absolute atomic E-state index is 8.88. The van der Waals surface area contributed by atoms with Crippen molar-refractivity contribution in [3.05, 3.63) is 23.9 Å². The topological polar surface area (TPSA) is 52.0 Å². The van der Waals surface area contributed by atoms with E-state index >= 15 is 0 Å². The lowest BCUT2D eigenvalue weighted by Crippen LogP contribution is -2.57. The summed E-state index contributed by atoms with van der Waals surface area (Å²) in [6.45, 7) is 1.87. The van der Waals surface area contributed by atoms with E-state index in [-0.39, 0.29) is 24.8 Å². The highest BCUT2D eigenvalue weighted by Crippen LogP contribution is 2.21. The van der Waals surface area contributed by atoms with E-state index in [1.807, 2.05) is 7.05 Å². The summed E-state index contributed by atoms with van der Waals surface area (Å²) in [4.78, 5) is 6.33. The number of hydrogen-bond acceptors (Lipinski definition) is 4. The van der Waals surface area contributed by atoms with E-state index in [4.69, 9.17) is 5.26 Å². The SMILES string of the molecule is CNC1CN(c2ncccc2C#N)C1.Cl.Cl. The van der Waals surface area contributed by atoms with Crippen molar-refractivity contribution in [2.45, 2.75) is 6.04 Å². The van der Waals surface area contributed by atoms with E-state index in [0.717, 1.165) is 18.9 Å². The number of anilines is 1. The van der Waals surface area contributed by atoms with Crippen molar-refractivity contribution in [2.24, 2.45) is 0 Å². The van der Waals surface area contributed by atoms with E-state index in [0.29, 0.717) is 11.6 Å². The second-order valence-corrected chi connectivity index (χ2v) is 3.38. The van der Waals surface area contributed by atoms with Crippen LogP contribution >= 0.6 is 24.8 Å². The Labute approximate surface area is 107 Å². The van der Waals surface area contributed by atoms with Crippen LogP contribution in [0.1, 0.15) is 5.56 Å². The minimum Gasteiger partial charge on any atom is -0.352 e. The quantitative estimate of drug-likeness (QED) is 0.869. The lowest BCUT2D eigenvalue weighted by molar-refractivity contribution is 0.447. The first-order valence-electron chi connectivity index (χ1n) is 4.62. The number of hydrogen-bond donors (Lipinski definition) is 1. The lowest BCUT2D eigenvalue weighted by Gasteiger charge is -2.40. The first kappa shape index (κ1) is 15.0. The van der Waals surface area contributed by atoms with Gasteiger partial charge in [-0.15, -0.1) is 24.8 Å². The molecule has 2 rings (SSSR count). The molecule has 88 valence electrons. The average Bonchev–Trinajstić information content (AvgIpc) is 2.17. The van der Waals surface area contributed by atoms with Gasteiger partial charge < -0.3 is 10.2 Å². The third-order valence-corrected chi connectivity index (χ3v) is 2.50. The number of aromatic nitrogens is 1. The molecule has 0 saturated carbocycles. The lowest BCUT2D eigenvalue weighted by atomic mass is 10.1. The van der Waals surface area contributed by atoms with Crippen molar-refractivity contribution in [3.8, 4) is 6.07 Å². The fraction of sp³-hybridized carbons (Fsp3) is 0.400. The highest BCUT2D eigenvalue weighted by Gasteiger charge is 2.27. The molecular weight excluding hydrogens is 247 g/mol. The predicted octanol–water partition coefficient (Wildman–Crippen LogP) is 1.20. The normalized spacial score (nSPS) is 14.1. The first-order chi connectivity index (χ1) is 6.85. The molecule has 0 amide bonds. The standard InChI is InChI=1S/C10H12N4.2ClH/c1-12-9-6-14(7-9)10-8(5-11)3-2-4-13-10;;/h2-4,9,12H,6-7H2,1H3;2*1H. The molecule has 0 aromatic carbocycles. The summed E-state index contributed by atoms with van der Waals surface area (Å²) in [6, 6.07) is 6.27. The molecule has 1 N–H and O–H groups in total. The van der Waals surface area contributed by atoms with Crippen LogP contribution in [0.3, 0.4) is 0 Å². The summed E-state index contributed by atoms with van der Waals surface area (Å²) >= 11 is 0. The van der Waals surface area contributed by atoms with Crippen molar-refractivity contribution >= 4 is 30.6 Å². The molecule has 0 radical (unpaired) electrons. The number of nitrogens with one attached hydrogen (secondary N) is 1. The van der Waals surface area contributed by atoms with E-state index in [1.165, 1.54) is 0 Å². The van der Waals surface area contributed by atoms with Gasteiger partial charge in [-0.05, 0) is 19.2 Å². The number of nitriles is 1. The molecule has 1 aliphatic heterocycles. The van der Waals surface area contributed by atoms with E-state index in [2.05, 4.69) is 21.3 Å². The molecule has 1 fully saturated rings. The van der Waals surface area contributed by atoms with Gasteiger partial charge in [0.2, 0.25) is 0 Å². The molecule has 1 aliphatic rings. The summed E-state index contributed by atoms with van der Waals surface area (Å²) in [5.41, 5.74) is 0.655. The van der Waals surface area contributed by atoms with E-state index in [1.54, 1.807) is 18.3 Å². The molecule has 0 atom stereocenters. The number of likely N-dealkylation sites (N-methyl/N-ethyl adjacent to an activating group) is 1. The van der Waals surface area contributed by atoms with Gasteiger partial charge in [-0.1, -0.05) is 0 Å². The van der Waals surface area contributed by atoms with Crippen molar-refractivity contribution in [1.82, 2.24) is 10.3 Å². The Hall–Kier alpha value is -1.02. The van der Waals surface area contributed by atoms with Crippen molar-refractivity contribution in [3.63, 3.8) is 0 Å². The van der Waals surface area contributed by atoms with Crippen LogP contribution in [0.15, 0.2) is 18.3 Å². The molecule has 6 heteroatoms. The second-order valence-electron chi connectivity index (χ2n) is 3.38. The van der Waals surface area contributed by atoms with Gasteiger partial charge in [-0.2, -0.15) is 5.26 Å². The Morgan fingerprint density at radius 1 is 1.50 bits per heavy atom. The minimum atomic E-state index is 0. The minimum absolute atomic E-state index is 0. The Balaban J connectivity index is 0.00000112. The summed E-state index contributed by atoms with van der Waals surface area (Å²) < 4.78 is 0. The van der Waals surface area contributed by atoms with Crippen LogP contribution in [0.25, 0.3) is 0 Å². The molecule has 16 heavy (non-hydrogen) atoms. The van der Waals surface area contributed by atoms with E-state index < -0.39 is 0 Å². The zero-order valence-corrected chi connectivity index (χ0v) is 10.5. The van der Waals surface area contributed by atoms with Crippen LogP contribution in [0.2, 0.25) is 0 Å². The summed E-state index contributed by atoms with van der Waals surface area (Å²) in [7, 11) is 1.95. The van der Waals surface area contributed by atoms with Crippen LogP contribution < -0.4 is 10.2 Å². The van der Waals surface area contributed by atoms with Gasteiger partial charge in [-0.25, -0.2) is 4.98 Å². The maximum Gasteiger partial charge on any atom is 0.146 e. The Kier molecular flexibility index (Phi) is 6.12. The van der Waals surface area contributed by atoms with Gasteiger partial charge in [0.25, 0.3) is 0 Å². The van der Waals surface area contributed by atoms with Gasteiger partial charge >= 0.3 is 0 Å². The molecule has 4 nitrogen and oxygen atoms in total. The van der Waals surface area contributed by atoms with Crippen LogP contribution in [0.5, 0.6) is 0 Å². The van der Waals surface area contributed by atoms with Crippen LogP contribution in [0.4, 0.5) is 5.82 Å². The van der Waals surface area contributed by atoms with Crippen molar-refractivity contribution in [2.75, 3.05) is 25.0 Å². The van der Waals surface area contributed by atoms with E-state index in [9.17, 15) is 0 Å². The third kappa shape index (κ3) is 2.76. The molecule has 0 unspecified atom stereocenters. The fourth-order valence-corrected chi connectivity index (χ4v) is 1.57. The van der Waals surface area contributed by atoms with Gasteiger partial charge in [0.15, 0.2) is 0 Å². The first-order valence-corrected chi connectivity index (χ1v) is 4.62. The fourth-order valence-electron chi connectivity index (χ4n) is 1.57. The van der Waals surface area contributed by atoms with Gasteiger partial charge in [0.1, 0.15) is 11.9 Å². The zero-order valence-electron chi connectivity index (χ0n) is 8.88. The molecule has 0 bridgehead atoms. The highest BCUT2D eigenvalue weighted by molar-refractivity contribution is 5.85. The largest absolute Gasteiger partial charge is 0.352 e. The number of rotatable bonds is 2. The second kappa shape index (κ2) is 6.54. The Morgan fingerprint density at radius 3 is 2.75 bits per heavy atom. The molecule has 1 aromatic heterocycles. The summed E-state index contributed by atoms with van der Waals surface area (Å²) in [5, 5.41) is 12.1.